The highest BCUT2D eigenvalue weighted by Crippen LogP contribution is 2.25. The first kappa shape index (κ1) is 16.2. The Hall–Kier alpha value is -2.26. The molecule has 25 heavy (non-hydrogen) atoms. The fraction of sp³-hybridized carbons (Fsp3) is 0.227. The topological polar surface area (TPSA) is 16.1 Å². The Labute approximate surface area is 153 Å². The number of fused-ring (bicyclic) bond motifs is 1. The Morgan fingerprint density at radius 1 is 1.00 bits per heavy atom. The highest BCUT2D eigenvalue weighted by atomic mass is 32.2. The lowest BCUT2D eigenvalue weighted by Crippen LogP contribution is -2.33. The summed E-state index contributed by atoms with van der Waals surface area (Å²) in [5.41, 5.74) is 4.84. The van der Waals surface area contributed by atoms with Gasteiger partial charge in [-0.2, -0.15) is 11.8 Å². The van der Waals surface area contributed by atoms with E-state index in [1.165, 1.54) is 39.1 Å². The average molecular weight is 346 g/mol. The van der Waals surface area contributed by atoms with Crippen molar-refractivity contribution < 1.29 is 0 Å². The van der Waals surface area contributed by atoms with Gasteiger partial charge < -0.3 is 4.90 Å². The van der Waals surface area contributed by atoms with Crippen LogP contribution < -0.4 is 4.90 Å². The lowest BCUT2D eigenvalue weighted by Gasteiger charge is -2.29. The fourth-order valence-electron chi connectivity index (χ4n) is 3.34. The molecular weight excluding hydrogens is 324 g/mol. The molecule has 0 saturated carbocycles. The van der Waals surface area contributed by atoms with Crippen LogP contribution in [0.25, 0.3) is 22.9 Å². The number of benzene rings is 2. The molecule has 2 heterocycles. The Bertz CT molecular complexity index is 906. The van der Waals surface area contributed by atoms with Crippen LogP contribution in [0.2, 0.25) is 0 Å². The normalized spacial score (nSPS) is 15.2. The molecule has 0 radical (unpaired) electrons. The van der Waals surface area contributed by atoms with Gasteiger partial charge in [-0.05, 0) is 41.0 Å². The number of hydrogen-bond acceptors (Lipinski definition) is 3. The Balaban J connectivity index is 1.65. The summed E-state index contributed by atoms with van der Waals surface area (Å²) >= 11 is 2.04. The van der Waals surface area contributed by atoms with E-state index in [1.807, 2.05) is 18.0 Å². The number of hydrogen-bond donors (Lipinski definition) is 0. The van der Waals surface area contributed by atoms with Crippen LogP contribution in [0.4, 0.5) is 5.69 Å². The fourth-order valence-corrected chi connectivity index (χ4v) is 4.24. The van der Waals surface area contributed by atoms with Crippen molar-refractivity contribution in [3.63, 3.8) is 0 Å². The van der Waals surface area contributed by atoms with Crippen molar-refractivity contribution in [3.8, 4) is 0 Å². The summed E-state index contributed by atoms with van der Waals surface area (Å²) in [6.07, 6.45) is 6.30. The summed E-state index contributed by atoms with van der Waals surface area (Å²) in [4.78, 5) is 7.10. The third-order valence-corrected chi connectivity index (χ3v) is 5.65. The molecule has 0 spiro atoms. The summed E-state index contributed by atoms with van der Waals surface area (Å²) < 4.78 is 0. The number of rotatable bonds is 3. The predicted molar refractivity (Wildman–Crippen MR) is 111 cm³/mol. The van der Waals surface area contributed by atoms with E-state index in [0.717, 1.165) is 18.8 Å². The van der Waals surface area contributed by atoms with Gasteiger partial charge in [0, 0.05) is 36.5 Å². The average Bonchev–Trinajstić information content (AvgIpc) is 2.68. The molecule has 4 rings (SSSR count). The monoisotopic (exact) mass is 346 g/mol. The predicted octanol–water partition coefficient (Wildman–Crippen LogP) is 5.27. The van der Waals surface area contributed by atoms with Gasteiger partial charge in [-0.1, -0.05) is 48.5 Å². The molecule has 0 bridgehead atoms. The minimum Gasteiger partial charge on any atom is -0.370 e. The quantitative estimate of drug-likeness (QED) is 0.643. The van der Waals surface area contributed by atoms with Crippen LogP contribution in [0.1, 0.15) is 16.8 Å². The van der Waals surface area contributed by atoms with E-state index < -0.39 is 0 Å². The molecule has 1 aliphatic heterocycles. The Kier molecular flexibility index (Phi) is 4.75. The molecule has 126 valence electrons. The summed E-state index contributed by atoms with van der Waals surface area (Å²) in [6, 6.07) is 17.2. The van der Waals surface area contributed by atoms with Crippen LogP contribution in [0.3, 0.4) is 0 Å². The molecule has 0 aliphatic carbocycles. The van der Waals surface area contributed by atoms with E-state index in [2.05, 4.69) is 77.5 Å². The zero-order valence-electron chi connectivity index (χ0n) is 14.5. The standard InChI is InChI=1S/C22H22N2S/c1-17-16-23-20(15-22(17)24-11-13-25-14-12-24)10-9-19-7-4-6-18-5-2-3-8-21(18)19/h2-10,15-16H,11-14H2,1H3/b10-9-. The van der Waals surface area contributed by atoms with Gasteiger partial charge in [0.05, 0.1) is 5.69 Å². The zero-order chi connectivity index (χ0) is 17.1. The van der Waals surface area contributed by atoms with Crippen molar-refractivity contribution in [2.45, 2.75) is 6.92 Å². The van der Waals surface area contributed by atoms with Crippen LogP contribution in [0, 0.1) is 6.92 Å². The summed E-state index contributed by atoms with van der Waals surface area (Å²) in [5, 5.41) is 2.55. The molecule has 1 fully saturated rings. The van der Waals surface area contributed by atoms with Crippen LogP contribution >= 0.6 is 11.8 Å². The number of anilines is 1. The molecule has 1 saturated heterocycles. The molecule has 1 aliphatic rings. The highest BCUT2D eigenvalue weighted by Gasteiger charge is 2.13. The first-order valence-corrected chi connectivity index (χ1v) is 9.92. The van der Waals surface area contributed by atoms with Gasteiger partial charge in [-0.15, -0.1) is 0 Å². The van der Waals surface area contributed by atoms with Gasteiger partial charge in [0.2, 0.25) is 0 Å². The molecule has 0 atom stereocenters. The van der Waals surface area contributed by atoms with E-state index in [9.17, 15) is 0 Å². The third kappa shape index (κ3) is 3.57. The second-order valence-corrected chi connectivity index (χ2v) is 7.62. The van der Waals surface area contributed by atoms with Gasteiger partial charge in [-0.3, -0.25) is 4.98 Å². The molecule has 2 nitrogen and oxygen atoms in total. The number of pyridine rings is 1. The largest absolute Gasteiger partial charge is 0.370 e. The highest BCUT2D eigenvalue weighted by molar-refractivity contribution is 7.99. The van der Waals surface area contributed by atoms with Crippen molar-refractivity contribution in [3.05, 3.63) is 71.5 Å². The maximum absolute atomic E-state index is 4.61. The Morgan fingerprint density at radius 3 is 2.68 bits per heavy atom. The maximum Gasteiger partial charge on any atom is 0.0650 e. The molecule has 3 heteroatoms. The minimum absolute atomic E-state index is 1.02. The van der Waals surface area contributed by atoms with E-state index in [4.69, 9.17) is 0 Å². The van der Waals surface area contributed by atoms with Crippen molar-refractivity contribution in [2.24, 2.45) is 0 Å². The van der Waals surface area contributed by atoms with E-state index in [-0.39, 0.29) is 0 Å². The first-order chi connectivity index (χ1) is 12.3. The van der Waals surface area contributed by atoms with Gasteiger partial charge in [0.1, 0.15) is 0 Å². The third-order valence-electron chi connectivity index (χ3n) is 4.70. The van der Waals surface area contributed by atoms with Crippen LogP contribution in [-0.2, 0) is 0 Å². The van der Waals surface area contributed by atoms with Crippen molar-refractivity contribution >= 4 is 40.4 Å². The van der Waals surface area contributed by atoms with Gasteiger partial charge >= 0.3 is 0 Å². The van der Waals surface area contributed by atoms with Crippen LogP contribution in [0.15, 0.2) is 54.7 Å². The summed E-state index contributed by atoms with van der Waals surface area (Å²) in [5.74, 6) is 2.42. The number of aryl methyl sites for hydroxylation is 1. The molecule has 0 N–H and O–H groups in total. The molecule has 0 unspecified atom stereocenters. The van der Waals surface area contributed by atoms with E-state index in [1.54, 1.807) is 0 Å². The SMILES string of the molecule is Cc1cnc(/C=C\c2cccc3ccccc23)cc1N1CCSCC1. The summed E-state index contributed by atoms with van der Waals surface area (Å²) in [6.45, 7) is 4.41. The van der Waals surface area contributed by atoms with E-state index in [0.29, 0.717) is 0 Å². The van der Waals surface area contributed by atoms with Crippen LogP contribution in [-0.4, -0.2) is 29.6 Å². The molecule has 1 aromatic heterocycles. The molecule has 0 amide bonds. The maximum atomic E-state index is 4.61. The zero-order valence-corrected chi connectivity index (χ0v) is 15.3. The lowest BCUT2D eigenvalue weighted by atomic mass is 10.0. The summed E-state index contributed by atoms with van der Waals surface area (Å²) in [7, 11) is 0. The second-order valence-electron chi connectivity index (χ2n) is 6.40. The number of thioether (sulfide) groups is 1. The lowest BCUT2D eigenvalue weighted by molar-refractivity contribution is 0.852. The van der Waals surface area contributed by atoms with Crippen molar-refractivity contribution in [1.29, 1.82) is 0 Å². The van der Waals surface area contributed by atoms with Gasteiger partial charge in [0.15, 0.2) is 0 Å². The van der Waals surface area contributed by atoms with Crippen LogP contribution in [0.5, 0.6) is 0 Å². The van der Waals surface area contributed by atoms with Gasteiger partial charge in [-0.25, -0.2) is 0 Å². The first-order valence-electron chi connectivity index (χ1n) is 8.76. The molecule has 2 aromatic carbocycles. The van der Waals surface area contributed by atoms with Crippen molar-refractivity contribution in [2.75, 3.05) is 29.5 Å². The number of aromatic nitrogens is 1. The van der Waals surface area contributed by atoms with Gasteiger partial charge in [0.25, 0.3) is 0 Å². The van der Waals surface area contributed by atoms with Crippen molar-refractivity contribution in [1.82, 2.24) is 4.98 Å². The number of nitrogens with zero attached hydrogens (tertiary/aromatic N) is 2. The molecule has 3 aromatic rings. The smallest absolute Gasteiger partial charge is 0.0650 e. The molecular formula is C22H22N2S. The Morgan fingerprint density at radius 2 is 1.80 bits per heavy atom. The minimum atomic E-state index is 1.02. The second kappa shape index (κ2) is 7.32. The van der Waals surface area contributed by atoms with E-state index >= 15 is 0 Å².